The first-order valence-corrected chi connectivity index (χ1v) is 5.73. The van der Waals surface area contributed by atoms with Gasteiger partial charge in [0, 0.05) is 23.5 Å². The van der Waals surface area contributed by atoms with Crippen LogP contribution in [0.15, 0.2) is 35.5 Å². The van der Waals surface area contributed by atoms with Crippen LogP contribution < -0.4 is 0 Å². The lowest BCUT2D eigenvalue weighted by molar-refractivity contribution is 0.280. The van der Waals surface area contributed by atoms with Gasteiger partial charge in [-0.2, -0.15) is 0 Å². The molecule has 0 fully saturated rings. The number of phenols is 1. The maximum atomic E-state index is 9.93. The zero-order chi connectivity index (χ0) is 13.8. The second-order valence-corrected chi connectivity index (χ2v) is 4.06. The number of benzene rings is 1. The normalized spacial score (nSPS) is 11.1. The van der Waals surface area contributed by atoms with Gasteiger partial charge < -0.3 is 15.3 Å². The van der Waals surface area contributed by atoms with Crippen LogP contribution >= 0.6 is 0 Å². The number of hydrogen-bond donors (Lipinski definition) is 3. The lowest BCUT2D eigenvalue weighted by Gasteiger charge is -2.06. The fourth-order valence-electron chi connectivity index (χ4n) is 1.60. The van der Waals surface area contributed by atoms with E-state index in [1.54, 1.807) is 19.1 Å². The predicted octanol–water partition coefficient (Wildman–Crippen LogP) is 2.04. The molecule has 0 radical (unpaired) electrons. The molecule has 98 valence electrons. The van der Waals surface area contributed by atoms with E-state index in [4.69, 9.17) is 0 Å². The average Bonchev–Trinajstić information content (AvgIpc) is 2.42. The second kappa shape index (κ2) is 5.49. The van der Waals surface area contributed by atoms with Crippen molar-refractivity contribution in [3.8, 4) is 11.5 Å². The maximum Gasteiger partial charge on any atom is 0.145 e. The van der Waals surface area contributed by atoms with Crippen molar-refractivity contribution in [2.75, 3.05) is 0 Å². The number of aromatic hydroxyl groups is 2. The molecule has 0 unspecified atom stereocenters. The molecule has 0 aliphatic rings. The summed E-state index contributed by atoms with van der Waals surface area (Å²) in [6, 6.07) is 6.35. The number of aliphatic hydroxyl groups is 1. The molecule has 1 aromatic carbocycles. The standard InChI is InChI=1S/C14H14N2O3/c1-9-14(19)13(10(8-17)6-15-9)7-16-11-2-4-12(18)5-3-11/h2-7,17-19H,8H2,1H3. The van der Waals surface area contributed by atoms with Gasteiger partial charge in [0.2, 0.25) is 0 Å². The molecule has 0 atom stereocenters. The van der Waals surface area contributed by atoms with E-state index >= 15 is 0 Å². The molecule has 3 N–H and O–H groups in total. The van der Waals surface area contributed by atoms with Gasteiger partial charge >= 0.3 is 0 Å². The zero-order valence-electron chi connectivity index (χ0n) is 10.4. The van der Waals surface area contributed by atoms with Crippen molar-refractivity contribution in [2.24, 2.45) is 4.99 Å². The van der Waals surface area contributed by atoms with E-state index in [0.717, 1.165) is 0 Å². The van der Waals surface area contributed by atoms with Gasteiger partial charge in [0.1, 0.15) is 11.5 Å². The molecule has 0 saturated carbocycles. The summed E-state index contributed by atoms with van der Waals surface area (Å²) >= 11 is 0. The Labute approximate surface area is 110 Å². The Hall–Kier alpha value is -2.40. The van der Waals surface area contributed by atoms with Crippen LogP contribution in [0.2, 0.25) is 0 Å². The number of aliphatic hydroxyl groups excluding tert-OH is 1. The summed E-state index contributed by atoms with van der Waals surface area (Å²) in [5, 5.41) is 28.3. The molecule has 0 amide bonds. The number of hydrogen-bond acceptors (Lipinski definition) is 5. The molecule has 0 aliphatic carbocycles. The number of aromatic nitrogens is 1. The Bertz CT molecular complexity index is 607. The van der Waals surface area contributed by atoms with Crippen LogP contribution in [0.5, 0.6) is 11.5 Å². The Balaban J connectivity index is 2.37. The van der Waals surface area contributed by atoms with E-state index in [1.165, 1.54) is 24.5 Å². The van der Waals surface area contributed by atoms with E-state index in [1.807, 2.05) is 0 Å². The number of aliphatic imine (C=N–C) groups is 1. The first-order valence-electron chi connectivity index (χ1n) is 5.73. The predicted molar refractivity (Wildman–Crippen MR) is 71.9 cm³/mol. The highest BCUT2D eigenvalue weighted by atomic mass is 16.3. The zero-order valence-corrected chi connectivity index (χ0v) is 10.4. The van der Waals surface area contributed by atoms with Gasteiger partial charge in [-0.15, -0.1) is 0 Å². The monoisotopic (exact) mass is 258 g/mol. The third kappa shape index (κ3) is 2.89. The topological polar surface area (TPSA) is 85.9 Å². The average molecular weight is 258 g/mol. The summed E-state index contributed by atoms with van der Waals surface area (Å²) in [5.41, 5.74) is 2.06. The molecule has 5 nitrogen and oxygen atoms in total. The lowest BCUT2D eigenvalue weighted by atomic mass is 10.1. The van der Waals surface area contributed by atoms with Crippen molar-refractivity contribution in [1.82, 2.24) is 4.98 Å². The van der Waals surface area contributed by atoms with Gasteiger partial charge in [-0.1, -0.05) is 0 Å². The first kappa shape index (κ1) is 13.0. The van der Waals surface area contributed by atoms with Crippen molar-refractivity contribution >= 4 is 11.9 Å². The molecule has 0 saturated heterocycles. The van der Waals surface area contributed by atoms with Crippen molar-refractivity contribution in [2.45, 2.75) is 13.5 Å². The lowest BCUT2D eigenvalue weighted by Crippen LogP contribution is -1.97. The third-order valence-electron chi connectivity index (χ3n) is 2.72. The minimum absolute atomic E-state index is 0.00841. The van der Waals surface area contributed by atoms with Crippen molar-refractivity contribution < 1.29 is 15.3 Å². The van der Waals surface area contributed by atoms with Crippen LogP contribution in [-0.2, 0) is 6.61 Å². The largest absolute Gasteiger partial charge is 0.508 e. The molecule has 5 heteroatoms. The minimum atomic E-state index is -0.224. The Morgan fingerprint density at radius 3 is 2.53 bits per heavy atom. The Kier molecular flexibility index (Phi) is 3.77. The van der Waals surface area contributed by atoms with Crippen molar-refractivity contribution in [3.05, 3.63) is 47.3 Å². The van der Waals surface area contributed by atoms with E-state index in [-0.39, 0.29) is 18.1 Å². The summed E-state index contributed by atoms with van der Waals surface area (Å²) in [6.07, 6.45) is 2.98. The molecule has 0 aliphatic heterocycles. The fraction of sp³-hybridized carbons (Fsp3) is 0.143. The summed E-state index contributed by atoms with van der Waals surface area (Å²) in [6.45, 7) is 1.45. The van der Waals surface area contributed by atoms with E-state index in [9.17, 15) is 15.3 Å². The molecule has 1 aromatic heterocycles. The van der Waals surface area contributed by atoms with Gasteiger partial charge in [-0.05, 0) is 31.2 Å². The highest BCUT2D eigenvalue weighted by molar-refractivity contribution is 5.87. The van der Waals surface area contributed by atoms with Crippen LogP contribution in [0.4, 0.5) is 5.69 Å². The second-order valence-electron chi connectivity index (χ2n) is 4.06. The summed E-state index contributed by atoms with van der Waals surface area (Å²) < 4.78 is 0. The molecule has 1 heterocycles. The number of pyridine rings is 1. The number of aryl methyl sites for hydroxylation is 1. The van der Waals surface area contributed by atoms with Crippen molar-refractivity contribution in [1.29, 1.82) is 0 Å². The van der Waals surface area contributed by atoms with Crippen molar-refractivity contribution in [3.63, 3.8) is 0 Å². The van der Waals surface area contributed by atoms with Gasteiger partial charge in [-0.25, -0.2) is 0 Å². The minimum Gasteiger partial charge on any atom is -0.508 e. The van der Waals surface area contributed by atoms with Gasteiger partial charge in [0.15, 0.2) is 0 Å². The quantitative estimate of drug-likeness (QED) is 0.735. The number of nitrogens with zero attached hydrogens (tertiary/aromatic N) is 2. The molecular formula is C14H14N2O3. The molecule has 2 aromatic rings. The summed E-state index contributed by atoms with van der Waals surface area (Å²) in [7, 11) is 0. The molecule has 0 spiro atoms. The summed E-state index contributed by atoms with van der Waals surface area (Å²) in [4.78, 5) is 8.17. The molecule has 2 rings (SSSR count). The highest BCUT2D eigenvalue weighted by Gasteiger charge is 2.09. The van der Waals surface area contributed by atoms with Crippen LogP contribution in [0.3, 0.4) is 0 Å². The number of phenolic OH excluding ortho intramolecular Hbond substituents is 1. The van der Waals surface area contributed by atoms with E-state index in [2.05, 4.69) is 9.98 Å². The highest BCUT2D eigenvalue weighted by Crippen LogP contribution is 2.23. The smallest absolute Gasteiger partial charge is 0.145 e. The Morgan fingerprint density at radius 2 is 1.89 bits per heavy atom. The van der Waals surface area contributed by atoms with Crippen LogP contribution in [0, 0.1) is 6.92 Å². The molecule has 19 heavy (non-hydrogen) atoms. The fourth-order valence-corrected chi connectivity index (χ4v) is 1.60. The van der Waals surface area contributed by atoms with E-state index in [0.29, 0.717) is 22.5 Å². The molecule has 0 bridgehead atoms. The summed E-state index contributed by atoms with van der Waals surface area (Å²) in [5.74, 6) is 0.173. The Morgan fingerprint density at radius 1 is 1.21 bits per heavy atom. The maximum absolute atomic E-state index is 9.93. The molecular weight excluding hydrogens is 244 g/mol. The van der Waals surface area contributed by atoms with Crippen LogP contribution in [-0.4, -0.2) is 26.5 Å². The SMILES string of the molecule is Cc1ncc(CO)c(C=Nc2ccc(O)cc2)c1O. The van der Waals surface area contributed by atoms with Gasteiger partial charge in [0.25, 0.3) is 0 Å². The van der Waals surface area contributed by atoms with Gasteiger partial charge in [0.05, 0.1) is 18.0 Å². The number of rotatable bonds is 3. The van der Waals surface area contributed by atoms with Crippen LogP contribution in [0.1, 0.15) is 16.8 Å². The first-order chi connectivity index (χ1) is 9.11. The third-order valence-corrected chi connectivity index (χ3v) is 2.72. The van der Waals surface area contributed by atoms with Crippen LogP contribution in [0.25, 0.3) is 0 Å². The van der Waals surface area contributed by atoms with Gasteiger partial charge in [-0.3, -0.25) is 9.98 Å². The van der Waals surface area contributed by atoms with E-state index < -0.39 is 0 Å².